The lowest BCUT2D eigenvalue weighted by Crippen LogP contribution is -2.44. The van der Waals surface area contributed by atoms with Gasteiger partial charge in [-0.2, -0.15) is 5.10 Å². The number of ether oxygens (including phenoxy) is 1. The highest BCUT2D eigenvalue weighted by molar-refractivity contribution is 7.90. The molecule has 3 aromatic heterocycles. The molecule has 0 saturated heterocycles. The molecule has 0 amide bonds. The molecule has 9 heteroatoms. The van der Waals surface area contributed by atoms with Crippen molar-refractivity contribution in [3.05, 3.63) is 66.7 Å². The molecule has 5 rings (SSSR count). The van der Waals surface area contributed by atoms with Gasteiger partial charge in [0, 0.05) is 54.8 Å². The van der Waals surface area contributed by atoms with Gasteiger partial charge in [0.05, 0.1) is 11.1 Å². The molecular weight excluding hydrogens is 498 g/mol. The largest absolute Gasteiger partial charge is 0.364 e. The highest BCUT2D eigenvalue weighted by atomic mass is 32.2. The molecule has 38 heavy (non-hydrogen) atoms. The third-order valence-electron chi connectivity index (χ3n) is 7.83. The van der Waals surface area contributed by atoms with Crippen LogP contribution < -0.4 is 0 Å². The van der Waals surface area contributed by atoms with Crippen LogP contribution in [0.4, 0.5) is 0 Å². The zero-order valence-electron chi connectivity index (χ0n) is 22.6. The SMILES string of the molecule is CCOC(C)N(CC)[C@H]1CC[C@H](c2cnc3c(c2)c(-c2cnn(C)c2)cn3S(=O)(=O)c2ccccc2)CC1. The average Bonchev–Trinajstić information content (AvgIpc) is 3.53. The number of rotatable bonds is 9. The lowest BCUT2D eigenvalue weighted by atomic mass is 9.81. The highest BCUT2D eigenvalue weighted by Crippen LogP contribution is 2.38. The molecule has 1 atom stereocenters. The summed E-state index contributed by atoms with van der Waals surface area (Å²) in [5.41, 5.74) is 3.29. The number of pyridine rings is 1. The molecule has 3 heterocycles. The van der Waals surface area contributed by atoms with Crippen molar-refractivity contribution in [3.8, 4) is 11.1 Å². The molecule has 1 saturated carbocycles. The van der Waals surface area contributed by atoms with Gasteiger partial charge < -0.3 is 4.74 Å². The molecule has 0 N–H and O–H groups in total. The number of nitrogens with zero attached hydrogens (tertiary/aromatic N) is 5. The monoisotopic (exact) mass is 535 g/mol. The summed E-state index contributed by atoms with van der Waals surface area (Å²) in [4.78, 5) is 7.46. The van der Waals surface area contributed by atoms with Crippen LogP contribution in [-0.2, 0) is 21.8 Å². The van der Waals surface area contributed by atoms with E-state index in [2.05, 4.69) is 29.9 Å². The smallest absolute Gasteiger partial charge is 0.269 e. The van der Waals surface area contributed by atoms with Crippen LogP contribution in [-0.4, -0.2) is 57.5 Å². The Morgan fingerprint density at radius 1 is 1.08 bits per heavy atom. The maximum atomic E-state index is 13.6. The van der Waals surface area contributed by atoms with E-state index in [1.165, 1.54) is 3.97 Å². The lowest BCUT2D eigenvalue weighted by molar-refractivity contribution is -0.0676. The summed E-state index contributed by atoms with van der Waals surface area (Å²) in [5, 5.41) is 5.16. The molecule has 0 aliphatic heterocycles. The van der Waals surface area contributed by atoms with E-state index in [9.17, 15) is 8.42 Å². The van der Waals surface area contributed by atoms with Gasteiger partial charge in [-0.1, -0.05) is 25.1 Å². The number of benzene rings is 1. The van der Waals surface area contributed by atoms with Gasteiger partial charge >= 0.3 is 0 Å². The summed E-state index contributed by atoms with van der Waals surface area (Å²) < 4.78 is 36.1. The number of aromatic nitrogens is 4. The van der Waals surface area contributed by atoms with E-state index in [-0.39, 0.29) is 11.1 Å². The van der Waals surface area contributed by atoms with Crippen molar-refractivity contribution in [2.45, 2.75) is 69.5 Å². The minimum absolute atomic E-state index is 0.123. The van der Waals surface area contributed by atoms with Gasteiger partial charge in [-0.15, -0.1) is 0 Å². The maximum Gasteiger partial charge on any atom is 0.269 e. The minimum atomic E-state index is -3.81. The van der Waals surface area contributed by atoms with Crippen LogP contribution in [0.15, 0.2) is 66.1 Å². The van der Waals surface area contributed by atoms with Crippen LogP contribution in [0.3, 0.4) is 0 Å². The Balaban J connectivity index is 1.49. The molecule has 1 unspecified atom stereocenters. The average molecular weight is 536 g/mol. The molecule has 1 aliphatic rings. The molecule has 1 aliphatic carbocycles. The molecular formula is C29H37N5O3S. The normalized spacial score (nSPS) is 19.3. The van der Waals surface area contributed by atoms with Gasteiger partial charge in [-0.25, -0.2) is 17.4 Å². The van der Waals surface area contributed by atoms with Gasteiger partial charge in [0.1, 0.15) is 6.23 Å². The van der Waals surface area contributed by atoms with E-state index in [0.717, 1.165) is 60.9 Å². The third-order valence-corrected chi connectivity index (χ3v) is 9.49. The second-order valence-corrected chi connectivity index (χ2v) is 11.9. The predicted octanol–water partition coefficient (Wildman–Crippen LogP) is 5.40. The Kier molecular flexibility index (Phi) is 7.70. The number of hydrogen-bond acceptors (Lipinski definition) is 6. The first-order chi connectivity index (χ1) is 18.3. The van der Waals surface area contributed by atoms with Crippen molar-refractivity contribution in [3.63, 3.8) is 0 Å². The molecule has 202 valence electrons. The van der Waals surface area contributed by atoms with Gasteiger partial charge in [0.15, 0.2) is 5.65 Å². The van der Waals surface area contributed by atoms with E-state index < -0.39 is 10.0 Å². The Hall–Kier alpha value is -3.01. The molecule has 0 radical (unpaired) electrons. The Labute approximate surface area is 225 Å². The fourth-order valence-corrected chi connectivity index (χ4v) is 7.23. The maximum absolute atomic E-state index is 13.6. The standard InChI is InChI=1S/C29H37N5O3S/c1-5-33(21(3)37-6-2)25-14-12-22(13-15-25)23-16-27-28(24-18-31-32(4)19-24)20-34(29(27)30-17-23)38(35,36)26-10-8-7-9-11-26/h7-11,16-22,25H,5-6,12-15H2,1-4H3/t21?,22-,25-. The van der Waals surface area contributed by atoms with Crippen LogP contribution in [0, 0.1) is 0 Å². The molecule has 0 bridgehead atoms. The van der Waals surface area contributed by atoms with E-state index >= 15 is 0 Å². The van der Waals surface area contributed by atoms with Gasteiger partial charge in [-0.3, -0.25) is 9.58 Å². The van der Waals surface area contributed by atoms with Crippen molar-refractivity contribution >= 4 is 21.1 Å². The summed E-state index contributed by atoms with van der Waals surface area (Å²) >= 11 is 0. The van der Waals surface area contributed by atoms with Crippen molar-refractivity contribution < 1.29 is 13.2 Å². The molecule has 4 aromatic rings. The molecule has 0 spiro atoms. The van der Waals surface area contributed by atoms with Crippen LogP contribution in [0.2, 0.25) is 0 Å². The fourth-order valence-electron chi connectivity index (χ4n) is 5.89. The Bertz CT molecular complexity index is 1490. The minimum Gasteiger partial charge on any atom is -0.364 e. The van der Waals surface area contributed by atoms with Crippen molar-refractivity contribution in [2.75, 3.05) is 13.2 Å². The fraction of sp³-hybridized carbons (Fsp3) is 0.448. The number of fused-ring (bicyclic) bond motifs is 1. The number of hydrogen-bond donors (Lipinski definition) is 0. The van der Waals surface area contributed by atoms with Crippen molar-refractivity contribution in [1.29, 1.82) is 0 Å². The Morgan fingerprint density at radius 3 is 2.45 bits per heavy atom. The van der Waals surface area contributed by atoms with Crippen LogP contribution in [0.25, 0.3) is 22.2 Å². The van der Waals surface area contributed by atoms with Gasteiger partial charge in [0.2, 0.25) is 0 Å². The first-order valence-corrected chi connectivity index (χ1v) is 15.0. The third kappa shape index (κ3) is 5.02. The summed E-state index contributed by atoms with van der Waals surface area (Å²) in [7, 11) is -1.95. The van der Waals surface area contributed by atoms with Gasteiger partial charge in [-0.05, 0) is 75.8 Å². The number of aryl methyl sites for hydroxylation is 1. The summed E-state index contributed by atoms with van der Waals surface area (Å²) in [6.45, 7) is 8.08. The van der Waals surface area contributed by atoms with Crippen molar-refractivity contribution in [1.82, 2.24) is 23.6 Å². The van der Waals surface area contributed by atoms with E-state index in [1.807, 2.05) is 32.4 Å². The summed E-state index contributed by atoms with van der Waals surface area (Å²) in [6.07, 6.45) is 11.7. The predicted molar refractivity (Wildman–Crippen MR) is 149 cm³/mol. The van der Waals surface area contributed by atoms with Crippen LogP contribution >= 0.6 is 0 Å². The molecule has 1 aromatic carbocycles. The van der Waals surface area contributed by atoms with Crippen LogP contribution in [0.5, 0.6) is 0 Å². The topological polar surface area (TPSA) is 82.2 Å². The van der Waals surface area contributed by atoms with E-state index in [1.54, 1.807) is 41.3 Å². The molecule has 1 fully saturated rings. The second kappa shape index (κ2) is 11.0. The van der Waals surface area contributed by atoms with Gasteiger partial charge in [0.25, 0.3) is 10.0 Å². The summed E-state index contributed by atoms with van der Waals surface area (Å²) in [6, 6.07) is 11.2. The molecule has 8 nitrogen and oxygen atoms in total. The summed E-state index contributed by atoms with van der Waals surface area (Å²) in [5.74, 6) is 0.389. The van der Waals surface area contributed by atoms with Crippen LogP contribution in [0.1, 0.15) is 57.9 Å². The van der Waals surface area contributed by atoms with E-state index in [4.69, 9.17) is 9.72 Å². The first-order valence-electron chi connectivity index (χ1n) is 13.5. The first kappa shape index (κ1) is 26.6. The van der Waals surface area contributed by atoms with E-state index in [0.29, 0.717) is 17.6 Å². The van der Waals surface area contributed by atoms with Crippen molar-refractivity contribution in [2.24, 2.45) is 7.05 Å². The zero-order chi connectivity index (χ0) is 26.9. The zero-order valence-corrected chi connectivity index (χ0v) is 23.4. The quantitative estimate of drug-likeness (QED) is 0.267. The lowest BCUT2D eigenvalue weighted by Gasteiger charge is -2.39. The highest BCUT2D eigenvalue weighted by Gasteiger charge is 2.30. The second-order valence-electron chi connectivity index (χ2n) is 10.1. The Morgan fingerprint density at radius 2 is 1.82 bits per heavy atom.